The van der Waals surface area contributed by atoms with Gasteiger partial charge < -0.3 is 20.3 Å². The van der Waals surface area contributed by atoms with E-state index in [0.717, 1.165) is 13.0 Å². The molecule has 3 fully saturated rings. The van der Waals surface area contributed by atoms with Crippen molar-refractivity contribution in [3.8, 4) is 0 Å². The first-order valence-corrected chi connectivity index (χ1v) is 8.54. The Morgan fingerprint density at radius 2 is 2.15 bits per heavy atom. The number of aliphatic hydroxyl groups excluding tert-OH is 1. The molecule has 3 rings (SSSR count). The van der Waals surface area contributed by atoms with Crippen molar-refractivity contribution in [3.05, 3.63) is 0 Å². The van der Waals surface area contributed by atoms with Crippen LogP contribution in [0.15, 0.2) is 0 Å². The molecule has 3 N–H and O–H groups in total. The number of carbonyl (C=O) groups excluding carboxylic acids is 1. The maximum absolute atomic E-state index is 12.3. The average molecular weight is 395 g/mol. The molecule has 1 aliphatic heterocycles. The van der Waals surface area contributed by atoms with Crippen molar-refractivity contribution in [2.24, 2.45) is 5.92 Å². The molecule has 5 nitrogen and oxygen atoms in total. The highest BCUT2D eigenvalue weighted by atomic mass is 127. The summed E-state index contributed by atoms with van der Waals surface area (Å²) in [5.41, 5.74) is -1.48. The number of ether oxygens (including phenoxy) is 1. The molecule has 3 aliphatic rings. The largest absolute Gasteiger partial charge is 0.458 e. The third kappa shape index (κ3) is 3.13. The third-order valence-corrected chi connectivity index (χ3v) is 6.02. The van der Waals surface area contributed by atoms with Crippen LogP contribution in [0.1, 0.15) is 39.0 Å². The fourth-order valence-electron chi connectivity index (χ4n) is 4.11. The minimum Gasteiger partial charge on any atom is -0.458 e. The number of aliphatic hydroxyl groups is 2. The van der Waals surface area contributed by atoms with E-state index in [1.165, 1.54) is 0 Å². The lowest BCUT2D eigenvalue weighted by molar-refractivity contribution is -0.194. The van der Waals surface area contributed by atoms with Crippen molar-refractivity contribution in [1.29, 1.82) is 0 Å². The molecule has 6 heteroatoms. The van der Waals surface area contributed by atoms with Gasteiger partial charge >= 0.3 is 5.97 Å². The van der Waals surface area contributed by atoms with Gasteiger partial charge in [0.05, 0.1) is 11.7 Å². The number of hydrogen-bond donors (Lipinski definition) is 3. The van der Waals surface area contributed by atoms with E-state index >= 15 is 0 Å². The van der Waals surface area contributed by atoms with Crippen molar-refractivity contribution >= 4 is 28.6 Å². The SMILES string of the molecule is CC1(O)CC2CC(O)CC(OC(=O)C(I)C3CN3)(C2)C1. The number of nitrogens with one attached hydrogen (secondary N) is 1. The zero-order valence-electron chi connectivity index (χ0n) is 11.6. The highest BCUT2D eigenvalue weighted by Gasteiger charge is 2.53. The van der Waals surface area contributed by atoms with Crippen LogP contribution in [0.3, 0.4) is 0 Å². The van der Waals surface area contributed by atoms with E-state index in [2.05, 4.69) is 27.9 Å². The minimum absolute atomic E-state index is 0.189. The van der Waals surface area contributed by atoms with Gasteiger partial charge in [-0.3, -0.25) is 4.79 Å². The lowest BCUT2D eigenvalue weighted by Crippen LogP contribution is -2.55. The number of halogens is 1. The van der Waals surface area contributed by atoms with E-state index < -0.39 is 17.3 Å². The fourth-order valence-corrected chi connectivity index (χ4v) is 4.74. The van der Waals surface area contributed by atoms with E-state index in [4.69, 9.17) is 4.74 Å². The van der Waals surface area contributed by atoms with Crippen molar-refractivity contribution in [3.63, 3.8) is 0 Å². The molecule has 6 unspecified atom stereocenters. The second-order valence-electron chi connectivity index (χ2n) is 7.06. The topological polar surface area (TPSA) is 88.7 Å². The molecule has 0 radical (unpaired) electrons. The second kappa shape index (κ2) is 5.07. The van der Waals surface area contributed by atoms with Crippen LogP contribution in [-0.4, -0.2) is 50.0 Å². The second-order valence-corrected chi connectivity index (χ2v) is 8.40. The monoisotopic (exact) mass is 395 g/mol. The number of rotatable bonds is 3. The molecule has 2 aliphatic carbocycles. The summed E-state index contributed by atoms with van der Waals surface area (Å²) in [6.45, 7) is 2.67. The summed E-state index contributed by atoms with van der Waals surface area (Å²) in [7, 11) is 0. The fraction of sp³-hybridized carbons (Fsp3) is 0.929. The Bertz CT molecular complexity index is 408. The molecule has 2 saturated carbocycles. The molecule has 0 aromatic rings. The van der Waals surface area contributed by atoms with Crippen LogP contribution < -0.4 is 5.32 Å². The van der Waals surface area contributed by atoms with Gasteiger partial charge in [0.1, 0.15) is 9.53 Å². The van der Waals surface area contributed by atoms with Gasteiger partial charge in [0, 0.05) is 25.4 Å². The molecule has 114 valence electrons. The summed E-state index contributed by atoms with van der Waals surface area (Å²) in [5, 5.41) is 23.6. The predicted octanol–water partition coefficient (Wildman–Crippen LogP) is 0.750. The minimum atomic E-state index is -0.804. The van der Waals surface area contributed by atoms with E-state index in [1.807, 2.05) is 6.92 Å². The van der Waals surface area contributed by atoms with Crippen LogP contribution in [0.25, 0.3) is 0 Å². The molecule has 0 spiro atoms. The maximum atomic E-state index is 12.3. The summed E-state index contributed by atoms with van der Waals surface area (Å²) in [6, 6.07) is 0.216. The molecule has 0 aromatic carbocycles. The highest BCUT2D eigenvalue weighted by Crippen LogP contribution is 2.49. The van der Waals surface area contributed by atoms with Crippen LogP contribution in [-0.2, 0) is 9.53 Å². The van der Waals surface area contributed by atoms with E-state index in [1.54, 1.807) is 0 Å². The van der Waals surface area contributed by atoms with Crippen LogP contribution in [0.2, 0.25) is 0 Å². The zero-order chi connectivity index (χ0) is 14.5. The maximum Gasteiger partial charge on any atom is 0.321 e. The predicted molar refractivity (Wildman–Crippen MR) is 81.6 cm³/mol. The van der Waals surface area contributed by atoms with E-state index in [9.17, 15) is 15.0 Å². The van der Waals surface area contributed by atoms with Gasteiger partial charge in [-0.05, 0) is 32.1 Å². The molecular weight excluding hydrogens is 373 g/mol. The van der Waals surface area contributed by atoms with Crippen molar-refractivity contribution in [2.75, 3.05) is 6.54 Å². The Morgan fingerprint density at radius 1 is 1.45 bits per heavy atom. The number of hydrogen-bond acceptors (Lipinski definition) is 5. The Kier molecular flexibility index (Phi) is 3.80. The van der Waals surface area contributed by atoms with Gasteiger partial charge in [0.25, 0.3) is 0 Å². The first-order chi connectivity index (χ1) is 9.29. The first kappa shape index (κ1) is 15.0. The molecule has 0 amide bonds. The number of carbonyl (C=O) groups is 1. The quantitative estimate of drug-likeness (QED) is 0.284. The molecular formula is C14H22INO4. The van der Waals surface area contributed by atoms with Gasteiger partial charge in [-0.25, -0.2) is 0 Å². The van der Waals surface area contributed by atoms with Crippen LogP contribution in [0.5, 0.6) is 0 Å². The van der Waals surface area contributed by atoms with E-state index in [-0.39, 0.29) is 21.9 Å². The van der Waals surface area contributed by atoms with Crippen LogP contribution >= 0.6 is 22.6 Å². The number of alkyl halides is 1. The zero-order valence-corrected chi connectivity index (χ0v) is 13.8. The summed E-state index contributed by atoms with van der Waals surface area (Å²) in [4.78, 5) is 12.3. The van der Waals surface area contributed by atoms with Crippen LogP contribution in [0, 0.1) is 5.92 Å². The Balaban J connectivity index is 1.74. The smallest absolute Gasteiger partial charge is 0.321 e. The standard InChI is InChI=1S/C14H22INO4/c1-13(19)3-8-2-9(17)5-14(4-8,7-13)20-12(18)11(15)10-6-16-10/h8-11,16-17,19H,2-7H2,1H3. The molecule has 6 atom stereocenters. The van der Waals surface area contributed by atoms with Gasteiger partial charge in [-0.2, -0.15) is 0 Å². The van der Waals surface area contributed by atoms with Gasteiger partial charge in [0.15, 0.2) is 0 Å². The number of esters is 1. The summed E-state index contributed by atoms with van der Waals surface area (Å²) in [5.74, 6) is 0.0214. The summed E-state index contributed by atoms with van der Waals surface area (Å²) >= 11 is 2.11. The van der Waals surface area contributed by atoms with Crippen molar-refractivity contribution in [1.82, 2.24) is 5.32 Å². The molecule has 20 heavy (non-hydrogen) atoms. The van der Waals surface area contributed by atoms with Crippen molar-refractivity contribution in [2.45, 2.75) is 66.3 Å². The Morgan fingerprint density at radius 3 is 2.80 bits per heavy atom. The van der Waals surface area contributed by atoms with Gasteiger partial charge in [0.2, 0.25) is 0 Å². The molecule has 0 aromatic heterocycles. The highest BCUT2D eigenvalue weighted by molar-refractivity contribution is 14.1. The summed E-state index contributed by atoms with van der Waals surface area (Å²) < 4.78 is 5.62. The van der Waals surface area contributed by atoms with Crippen molar-refractivity contribution < 1.29 is 19.7 Å². The normalized spacial score (nSPS) is 48.5. The van der Waals surface area contributed by atoms with E-state index in [0.29, 0.717) is 25.7 Å². The Labute approximate surface area is 132 Å². The average Bonchev–Trinajstić information content (AvgIpc) is 3.06. The van der Waals surface area contributed by atoms with Crippen LogP contribution in [0.4, 0.5) is 0 Å². The lowest BCUT2D eigenvalue weighted by atomic mass is 9.63. The van der Waals surface area contributed by atoms with Gasteiger partial charge in [-0.15, -0.1) is 0 Å². The molecule has 1 heterocycles. The first-order valence-electron chi connectivity index (χ1n) is 7.29. The number of fused-ring (bicyclic) bond motifs is 2. The lowest BCUT2D eigenvalue weighted by Gasteiger charge is -2.51. The Hall–Kier alpha value is 0.0800. The molecule has 2 bridgehead atoms. The summed E-state index contributed by atoms with van der Waals surface area (Å²) in [6.07, 6.45) is 2.61. The molecule has 1 saturated heterocycles. The van der Waals surface area contributed by atoms with Gasteiger partial charge in [-0.1, -0.05) is 22.6 Å². The third-order valence-electron chi connectivity index (χ3n) is 4.64.